The first kappa shape index (κ1) is 16.0. The minimum Gasteiger partial charge on any atom is -0.467 e. The summed E-state index contributed by atoms with van der Waals surface area (Å²) in [6.07, 6.45) is 3.52. The fourth-order valence-corrected chi connectivity index (χ4v) is 2.40. The molecule has 0 aromatic carbocycles. The molecule has 5 heteroatoms. The molecule has 0 aromatic rings. The van der Waals surface area contributed by atoms with E-state index < -0.39 is 11.6 Å². The second-order valence-corrected chi connectivity index (χ2v) is 5.89. The summed E-state index contributed by atoms with van der Waals surface area (Å²) in [7, 11) is 1.35. The molecule has 0 bridgehead atoms. The lowest BCUT2D eigenvalue weighted by atomic mass is 9.89. The van der Waals surface area contributed by atoms with E-state index in [0.717, 1.165) is 25.8 Å². The Morgan fingerprint density at radius 3 is 2.53 bits per heavy atom. The van der Waals surface area contributed by atoms with E-state index in [2.05, 4.69) is 10.6 Å². The van der Waals surface area contributed by atoms with Gasteiger partial charge in [-0.15, -0.1) is 0 Å². The molecule has 0 aromatic heterocycles. The van der Waals surface area contributed by atoms with Crippen molar-refractivity contribution in [3.8, 4) is 0 Å². The van der Waals surface area contributed by atoms with E-state index in [4.69, 9.17) is 4.74 Å². The van der Waals surface area contributed by atoms with Crippen molar-refractivity contribution in [2.45, 2.75) is 58.0 Å². The number of hydrogen-bond donors (Lipinski definition) is 2. The van der Waals surface area contributed by atoms with Crippen LogP contribution in [0.1, 0.15) is 46.5 Å². The van der Waals surface area contributed by atoms with Crippen LogP contribution in [-0.2, 0) is 14.3 Å². The molecule has 0 saturated carbocycles. The van der Waals surface area contributed by atoms with Crippen LogP contribution in [0.15, 0.2) is 0 Å². The SMILES string of the molecule is COC(=O)C(CC(C)C)NC(=O)C1(C)CCCCN1. The van der Waals surface area contributed by atoms with Crippen molar-refractivity contribution in [3.63, 3.8) is 0 Å². The highest BCUT2D eigenvalue weighted by atomic mass is 16.5. The highest BCUT2D eigenvalue weighted by Gasteiger charge is 2.36. The molecular formula is C14H26N2O3. The lowest BCUT2D eigenvalue weighted by molar-refractivity contribution is -0.146. The molecule has 19 heavy (non-hydrogen) atoms. The van der Waals surface area contributed by atoms with E-state index in [1.807, 2.05) is 20.8 Å². The van der Waals surface area contributed by atoms with Gasteiger partial charge in [-0.25, -0.2) is 4.79 Å². The van der Waals surface area contributed by atoms with Crippen molar-refractivity contribution in [2.75, 3.05) is 13.7 Å². The predicted octanol–water partition coefficient (Wildman–Crippen LogP) is 1.22. The van der Waals surface area contributed by atoms with E-state index >= 15 is 0 Å². The number of amides is 1. The van der Waals surface area contributed by atoms with Crippen LogP contribution < -0.4 is 10.6 Å². The van der Waals surface area contributed by atoms with Gasteiger partial charge in [-0.3, -0.25) is 4.79 Å². The average Bonchev–Trinajstić information content (AvgIpc) is 2.37. The summed E-state index contributed by atoms with van der Waals surface area (Å²) in [5, 5.41) is 6.08. The van der Waals surface area contributed by atoms with Crippen LogP contribution in [0.3, 0.4) is 0 Å². The Bertz CT molecular complexity index is 323. The van der Waals surface area contributed by atoms with Gasteiger partial charge in [-0.05, 0) is 45.1 Å². The van der Waals surface area contributed by atoms with Gasteiger partial charge >= 0.3 is 5.97 Å². The quantitative estimate of drug-likeness (QED) is 0.737. The van der Waals surface area contributed by atoms with Crippen molar-refractivity contribution < 1.29 is 14.3 Å². The zero-order valence-electron chi connectivity index (χ0n) is 12.4. The molecule has 1 fully saturated rings. The molecule has 1 amide bonds. The van der Waals surface area contributed by atoms with Crippen LogP contribution in [0, 0.1) is 5.92 Å². The lowest BCUT2D eigenvalue weighted by Gasteiger charge is -2.34. The number of ether oxygens (including phenoxy) is 1. The van der Waals surface area contributed by atoms with Crippen LogP contribution in [0.2, 0.25) is 0 Å². The van der Waals surface area contributed by atoms with Crippen LogP contribution in [0.5, 0.6) is 0 Å². The molecule has 2 atom stereocenters. The third-order valence-electron chi connectivity index (χ3n) is 3.62. The van der Waals surface area contributed by atoms with E-state index in [1.165, 1.54) is 7.11 Å². The molecule has 1 aliphatic rings. The van der Waals surface area contributed by atoms with Gasteiger partial charge in [0.05, 0.1) is 12.6 Å². The van der Waals surface area contributed by atoms with Crippen molar-refractivity contribution in [1.29, 1.82) is 0 Å². The molecule has 5 nitrogen and oxygen atoms in total. The standard InChI is InChI=1S/C14H26N2O3/c1-10(2)9-11(12(17)19-4)16-13(18)14(3)7-5-6-8-15-14/h10-11,15H,5-9H2,1-4H3,(H,16,18). The summed E-state index contributed by atoms with van der Waals surface area (Å²) in [6, 6.07) is -0.557. The maximum Gasteiger partial charge on any atom is 0.328 e. The summed E-state index contributed by atoms with van der Waals surface area (Å²) in [4.78, 5) is 24.1. The molecule has 1 saturated heterocycles. The number of carbonyl (C=O) groups excluding carboxylic acids is 2. The van der Waals surface area contributed by atoms with Crippen molar-refractivity contribution in [2.24, 2.45) is 5.92 Å². The van der Waals surface area contributed by atoms with E-state index in [-0.39, 0.29) is 11.9 Å². The second kappa shape index (κ2) is 6.89. The maximum atomic E-state index is 12.4. The first-order valence-electron chi connectivity index (χ1n) is 7.03. The molecule has 1 heterocycles. The van der Waals surface area contributed by atoms with E-state index in [0.29, 0.717) is 12.3 Å². The smallest absolute Gasteiger partial charge is 0.328 e. The first-order valence-corrected chi connectivity index (χ1v) is 7.03. The normalized spacial score (nSPS) is 24.9. The van der Waals surface area contributed by atoms with Gasteiger partial charge in [0, 0.05) is 0 Å². The summed E-state index contributed by atoms with van der Waals surface area (Å²) in [5.41, 5.74) is -0.568. The molecular weight excluding hydrogens is 244 g/mol. The Morgan fingerprint density at radius 1 is 1.37 bits per heavy atom. The fourth-order valence-electron chi connectivity index (χ4n) is 2.40. The van der Waals surface area contributed by atoms with Crippen molar-refractivity contribution in [3.05, 3.63) is 0 Å². The molecule has 1 rings (SSSR count). The highest BCUT2D eigenvalue weighted by Crippen LogP contribution is 2.19. The molecule has 110 valence electrons. The summed E-state index contributed by atoms with van der Waals surface area (Å²) < 4.78 is 4.76. The Hall–Kier alpha value is -1.10. The summed E-state index contributed by atoms with van der Waals surface area (Å²) >= 11 is 0. The fraction of sp³-hybridized carbons (Fsp3) is 0.857. The van der Waals surface area contributed by atoms with Gasteiger partial charge in [0.2, 0.25) is 5.91 Å². The van der Waals surface area contributed by atoms with Gasteiger partial charge in [-0.2, -0.15) is 0 Å². The Labute approximate surface area is 115 Å². The zero-order valence-corrected chi connectivity index (χ0v) is 12.4. The Morgan fingerprint density at radius 2 is 2.05 bits per heavy atom. The van der Waals surface area contributed by atoms with Gasteiger partial charge in [0.15, 0.2) is 0 Å². The third-order valence-corrected chi connectivity index (χ3v) is 3.62. The van der Waals surface area contributed by atoms with Crippen LogP contribution in [0.25, 0.3) is 0 Å². The number of rotatable bonds is 5. The highest BCUT2D eigenvalue weighted by molar-refractivity contribution is 5.90. The van der Waals surface area contributed by atoms with Gasteiger partial charge in [0.1, 0.15) is 6.04 Å². The van der Waals surface area contributed by atoms with Crippen molar-refractivity contribution in [1.82, 2.24) is 10.6 Å². The number of nitrogens with one attached hydrogen (secondary N) is 2. The zero-order chi connectivity index (χ0) is 14.5. The van der Waals surface area contributed by atoms with E-state index in [9.17, 15) is 9.59 Å². The van der Waals surface area contributed by atoms with E-state index in [1.54, 1.807) is 0 Å². The molecule has 1 aliphatic heterocycles. The first-order chi connectivity index (χ1) is 8.89. The Balaban J connectivity index is 2.66. The van der Waals surface area contributed by atoms with Crippen LogP contribution >= 0.6 is 0 Å². The lowest BCUT2D eigenvalue weighted by Crippen LogP contribution is -2.59. The average molecular weight is 270 g/mol. The molecule has 2 unspecified atom stereocenters. The number of carbonyl (C=O) groups is 2. The molecule has 0 spiro atoms. The second-order valence-electron chi connectivity index (χ2n) is 5.89. The van der Waals surface area contributed by atoms with Gasteiger partial charge in [0.25, 0.3) is 0 Å². The number of piperidine rings is 1. The molecule has 2 N–H and O–H groups in total. The minimum atomic E-state index is -0.568. The molecule has 0 aliphatic carbocycles. The van der Waals surface area contributed by atoms with Crippen molar-refractivity contribution >= 4 is 11.9 Å². The predicted molar refractivity (Wildman–Crippen MR) is 73.7 cm³/mol. The van der Waals surface area contributed by atoms with Gasteiger partial charge in [-0.1, -0.05) is 13.8 Å². The number of methoxy groups -OCH3 is 1. The van der Waals surface area contributed by atoms with Crippen LogP contribution in [-0.4, -0.2) is 37.1 Å². The summed E-state index contributed by atoms with van der Waals surface area (Å²) in [5.74, 6) is -0.166. The maximum absolute atomic E-state index is 12.4. The third kappa shape index (κ3) is 4.49. The molecule has 0 radical (unpaired) electrons. The van der Waals surface area contributed by atoms with Crippen LogP contribution in [0.4, 0.5) is 0 Å². The largest absolute Gasteiger partial charge is 0.467 e. The monoisotopic (exact) mass is 270 g/mol. The topological polar surface area (TPSA) is 67.4 Å². The minimum absolute atomic E-state index is 0.108. The summed E-state index contributed by atoms with van der Waals surface area (Å²) in [6.45, 7) is 6.77. The Kier molecular flexibility index (Phi) is 5.79. The van der Waals surface area contributed by atoms with Gasteiger partial charge < -0.3 is 15.4 Å². The number of esters is 1. The number of hydrogen-bond acceptors (Lipinski definition) is 4.